The zero-order valence-electron chi connectivity index (χ0n) is 13.6. The maximum atomic E-state index is 14.1. The minimum absolute atomic E-state index is 0.206. The molecule has 9 heteroatoms. The van der Waals surface area contributed by atoms with Crippen LogP contribution in [-0.2, 0) is 19.1 Å². The number of fused-ring (bicyclic) bond motifs is 3. The maximum Gasteiger partial charge on any atom is 0.443 e. The van der Waals surface area contributed by atoms with Crippen LogP contribution in [0.4, 0.5) is 17.6 Å². The number of benzene rings is 1. The van der Waals surface area contributed by atoms with E-state index in [0.717, 1.165) is 27.6 Å². The Morgan fingerprint density at radius 1 is 1.35 bits per heavy atom. The number of nitrogens with zero attached hydrogens (tertiary/aromatic N) is 2. The largest absolute Gasteiger partial charge is 0.443 e. The molecule has 0 atom stereocenters. The molecular formula is C17H13F4N3OS. The summed E-state index contributed by atoms with van der Waals surface area (Å²) in [4.78, 5) is 20.5. The van der Waals surface area contributed by atoms with Gasteiger partial charge in [0.25, 0.3) is 5.91 Å². The van der Waals surface area contributed by atoms with Crippen molar-refractivity contribution in [2.24, 2.45) is 0 Å². The van der Waals surface area contributed by atoms with Gasteiger partial charge < -0.3 is 9.88 Å². The Balaban J connectivity index is 1.67. The molecule has 0 spiro atoms. The van der Waals surface area contributed by atoms with Gasteiger partial charge in [-0.25, -0.2) is 9.37 Å². The highest BCUT2D eigenvalue weighted by molar-refractivity contribution is 7.09. The van der Waals surface area contributed by atoms with Crippen LogP contribution in [0.2, 0.25) is 0 Å². The molecule has 0 aliphatic carbocycles. The number of amides is 1. The summed E-state index contributed by atoms with van der Waals surface area (Å²) in [5.74, 6) is -0.919. The number of aryl methyl sites for hydroxylation is 1. The van der Waals surface area contributed by atoms with E-state index in [-0.39, 0.29) is 18.1 Å². The third-order valence-corrected chi connectivity index (χ3v) is 5.43. The van der Waals surface area contributed by atoms with Gasteiger partial charge in [0, 0.05) is 41.5 Å². The van der Waals surface area contributed by atoms with Crippen molar-refractivity contribution in [1.29, 1.82) is 0 Å². The van der Waals surface area contributed by atoms with Crippen molar-refractivity contribution in [3.63, 3.8) is 0 Å². The van der Waals surface area contributed by atoms with Gasteiger partial charge in [-0.15, -0.1) is 11.3 Å². The van der Waals surface area contributed by atoms with E-state index in [4.69, 9.17) is 0 Å². The summed E-state index contributed by atoms with van der Waals surface area (Å²) < 4.78 is 52.2. The van der Waals surface area contributed by atoms with Gasteiger partial charge in [0.2, 0.25) is 0 Å². The van der Waals surface area contributed by atoms with Crippen LogP contribution in [0.3, 0.4) is 0 Å². The molecule has 0 unspecified atom stereocenters. The standard InChI is InChI=1S/C17H13F4N3OS/c1-8-2-3-10(18)14-13(8)9-6-24(5-4-11(9)22-14)15(25)12-7-26-16(23-12)17(19,20)21/h2-3,7,22H,4-6H2,1H3. The highest BCUT2D eigenvalue weighted by atomic mass is 32.1. The first-order valence-corrected chi connectivity index (χ1v) is 8.74. The van der Waals surface area contributed by atoms with Crippen LogP contribution < -0.4 is 0 Å². The van der Waals surface area contributed by atoms with Crippen LogP contribution in [0.25, 0.3) is 10.9 Å². The molecule has 136 valence electrons. The fourth-order valence-electron chi connectivity index (χ4n) is 3.31. The molecule has 1 amide bonds. The van der Waals surface area contributed by atoms with E-state index in [9.17, 15) is 22.4 Å². The number of rotatable bonds is 1. The number of carbonyl (C=O) groups is 1. The third-order valence-electron chi connectivity index (χ3n) is 4.54. The summed E-state index contributed by atoms with van der Waals surface area (Å²) >= 11 is 0.404. The van der Waals surface area contributed by atoms with E-state index >= 15 is 0 Å². The fraction of sp³-hybridized carbons (Fsp3) is 0.294. The molecule has 26 heavy (non-hydrogen) atoms. The van der Waals surface area contributed by atoms with E-state index in [1.807, 2.05) is 6.92 Å². The number of alkyl halides is 3. The lowest BCUT2D eigenvalue weighted by molar-refractivity contribution is -0.137. The molecule has 0 saturated carbocycles. The summed E-state index contributed by atoms with van der Waals surface area (Å²) in [6, 6.07) is 3.05. The predicted molar refractivity (Wildman–Crippen MR) is 88.6 cm³/mol. The number of aromatic nitrogens is 2. The number of hydrogen-bond acceptors (Lipinski definition) is 3. The van der Waals surface area contributed by atoms with Gasteiger partial charge >= 0.3 is 6.18 Å². The quantitative estimate of drug-likeness (QED) is 0.638. The first-order valence-electron chi connectivity index (χ1n) is 7.86. The van der Waals surface area contributed by atoms with Gasteiger partial charge in [0.05, 0.1) is 5.52 Å². The minimum Gasteiger partial charge on any atom is -0.356 e. The van der Waals surface area contributed by atoms with Crippen LogP contribution in [0.1, 0.15) is 32.3 Å². The van der Waals surface area contributed by atoms with Crippen molar-refractivity contribution >= 4 is 28.1 Å². The Morgan fingerprint density at radius 2 is 2.12 bits per heavy atom. The molecule has 0 saturated heterocycles. The lowest BCUT2D eigenvalue weighted by Gasteiger charge is -2.26. The Labute approximate surface area is 149 Å². The van der Waals surface area contributed by atoms with E-state index in [1.165, 1.54) is 11.0 Å². The van der Waals surface area contributed by atoms with Crippen molar-refractivity contribution in [3.05, 3.63) is 50.9 Å². The second-order valence-electron chi connectivity index (χ2n) is 6.21. The average Bonchev–Trinajstić information content (AvgIpc) is 3.22. The number of H-pyrrole nitrogens is 1. The van der Waals surface area contributed by atoms with E-state index in [1.54, 1.807) is 6.07 Å². The Morgan fingerprint density at radius 3 is 2.81 bits per heavy atom. The minimum atomic E-state index is -4.57. The van der Waals surface area contributed by atoms with Crippen LogP contribution in [0, 0.1) is 12.7 Å². The molecule has 0 fully saturated rings. The van der Waals surface area contributed by atoms with Crippen LogP contribution in [0.5, 0.6) is 0 Å². The molecular weight excluding hydrogens is 370 g/mol. The SMILES string of the molecule is Cc1ccc(F)c2[nH]c3c(c12)CN(C(=O)c1csc(C(F)(F)F)n1)CC3. The monoisotopic (exact) mass is 383 g/mol. The molecule has 2 aromatic heterocycles. The smallest absolute Gasteiger partial charge is 0.356 e. The van der Waals surface area contributed by atoms with Crippen LogP contribution in [-0.4, -0.2) is 27.3 Å². The lowest BCUT2D eigenvalue weighted by atomic mass is 10.0. The van der Waals surface area contributed by atoms with E-state index in [2.05, 4.69) is 9.97 Å². The number of nitrogens with one attached hydrogen (secondary N) is 1. The van der Waals surface area contributed by atoms with E-state index in [0.29, 0.717) is 29.8 Å². The summed E-state index contributed by atoms with van der Waals surface area (Å²) in [5, 5.41) is 0.816. The summed E-state index contributed by atoms with van der Waals surface area (Å²) in [7, 11) is 0. The normalized spacial score (nSPS) is 14.7. The van der Waals surface area contributed by atoms with Crippen molar-refractivity contribution in [2.45, 2.75) is 26.1 Å². The topological polar surface area (TPSA) is 49.0 Å². The van der Waals surface area contributed by atoms with Crippen molar-refractivity contribution < 1.29 is 22.4 Å². The van der Waals surface area contributed by atoms with Crippen molar-refractivity contribution in [3.8, 4) is 0 Å². The maximum absolute atomic E-state index is 14.1. The molecule has 1 N–H and O–H groups in total. The molecule has 3 heterocycles. The summed E-state index contributed by atoms with van der Waals surface area (Å²) in [6.45, 7) is 2.39. The van der Waals surface area contributed by atoms with Gasteiger partial charge in [-0.3, -0.25) is 4.79 Å². The van der Waals surface area contributed by atoms with E-state index < -0.39 is 17.1 Å². The summed E-state index contributed by atoms with van der Waals surface area (Å²) in [6.07, 6.45) is -4.09. The van der Waals surface area contributed by atoms with Crippen LogP contribution >= 0.6 is 11.3 Å². The van der Waals surface area contributed by atoms with Crippen molar-refractivity contribution in [1.82, 2.24) is 14.9 Å². The van der Waals surface area contributed by atoms with Crippen molar-refractivity contribution in [2.75, 3.05) is 6.54 Å². The van der Waals surface area contributed by atoms with Gasteiger partial charge in [0.1, 0.15) is 11.5 Å². The molecule has 4 nitrogen and oxygen atoms in total. The molecule has 1 aliphatic rings. The molecule has 1 aromatic carbocycles. The number of halogens is 4. The number of aromatic amines is 1. The highest BCUT2D eigenvalue weighted by Crippen LogP contribution is 2.34. The van der Waals surface area contributed by atoms with Gasteiger partial charge in [0.15, 0.2) is 5.01 Å². The Kier molecular flexibility index (Phi) is 3.80. The number of thiazole rings is 1. The number of carbonyl (C=O) groups excluding carboxylic acids is 1. The Hall–Kier alpha value is -2.42. The molecule has 0 bridgehead atoms. The zero-order valence-corrected chi connectivity index (χ0v) is 14.4. The fourth-order valence-corrected chi connectivity index (χ4v) is 3.97. The zero-order chi connectivity index (χ0) is 18.6. The predicted octanol–water partition coefficient (Wildman–Crippen LogP) is 4.29. The summed E-state index contributed by atoms with van der Waals surface area (Å²) in [5.41, 5.74) is 2.72. The molecule has 0 radical (unpaired) electrons. The first kappa shape index (κ1) is 17.0. The first-order chi connectivity index (χ1) is 12.3. The second-order valence-corrected chi connectivity index (χ2v) is 7.07. The van der Waals surface area contributed by atoms with Gasteiger partial charge in [-0.2, -0.15) is 13.2 Å². The highest BCUT2D eigenvalue weighted by Gasteiger charge is 2.36. The second kappa shape index (κ2) is 5.80. The van der Waals surface area contributed by atoms with Gasteiger partial charge in [-0.1, -0.05) is 6.07 Å². The molecule has 3 aromatic rings. The average molecular weight is 383 g/mol. The van der Waals surface area contributed by atoms with Crippen LogP contribution in [0.15, 0.2) is 17.5 Å². The third kappa shape index (κ3) is 2.66. The number of hydrogen-bond donors (Lipinski definition) is 1. The Bertz CT molecular complexity index is 1020. The van der Waals surface area contributed by atoms with Gasteiger partial charge in [-0.05, 0) is 18.6 Å². The molecule has 1 aliphatic heterocycles. The lowest BCUT2D eigenvalue weighted by Crippen LogP contribution is -2.36. The molecule has 4 rings (SSSR count).